The van der Waals surface area contributed by atoms with Crippen molar-refractivity contribution in [3.05, 3.63) is 24.3 Å². The van der Waals surface area contributed by atoms with Crippen molar-refractivity contribution in [2.75, 3.05) is 18.4 Å². The number of nitrogens with two attached hydrogens (primary N) is 1. The molecule has 0 aliphatic carbocycles. The molecule has 3 nitrogen and oxygen atoms in total. The predicted octanol–water partition coefficient (Wildman–Crippen LogP) is 2.62. The lowest BCUT2D eigenvalue weighted by Crippen LogP contribution is -2.10. The predicted molar refractivity (Wildman–Crippen MR) is 69.0 cm³/mol. The van der Waals surface area contributed by atoms with Crippen LogP contribution in [0.1, 0.15) is 26.7 Å². The number of rotatable bonds is 7. The second kappa shape index (κ2) is 7.12. The van der Waals surface area contributed by atoms with Gasteiger partial charge in [-0.25, -0.2) is 0 Å². The Labute approximate surface area is 98.0 Å². The van der Waals surface area contributed by atoms with E-state index >= 15 is 0 Å². The molecular weight excluding hydrogens is 200 g/mol. The first-order chi connectivity index (χ1) is 7.74. The third-order valence-corrected chi connectivity index (χ3v) is 2.20. The highest BCUT2D eigenvalue weighted by atomic mass is 16.5. The van der Waals surface area contributed by atoms with Gasteiger partial charge >= 0.3 is 0 Å². The van der Waals surface area contributed by atoms with Crippen LogP contribution in [0.5, 0.6) is 5.75 Å². The van der Waals surface area contributed by atoms with Gasteiger partial charge in [-0.2, -0.15) is 0 Å². The molecule has 16 heavy (non-hydrogen) atoms. The molecular formula is C13H22N2O. The molecule has 0 bridgehead atoms. The standard InChI is InChI=1S/C13H22N2O/c1-11(2)16-13-8-4-3-7-12(13)15-10-6-5-9-14/h3-4,7-8,11,15H,5-6,9-10,14H2,1-2H3. The molecule has 0 fully saturated rings. The lowest BCUT2D eigenvalue weighted by atomic mass is 10.2. The SMILES string of the molecule is CC(C)Oc1ccccc1NCCCCN. The number of hydrogen-bond acceptors (Lipinski definition) is 3. The van der Waals surface area contributed by atoms with Gasteiger partial charge in [-0.05, 0) is 45.4 Å². The summed E-state index contributed by atoms with van der Waals surface area (Å²) in [6.45, 7) is 5.76. The summed E-state index contributed by atoms with van der Waals surface area (Å²) in [4.78, 5) is 0. The number of benzene rings is 1. The second-order valence-electron chi connectivity index (χ2n) is 4.09. The number of anilines is 1. The molecule has 0 radical (unpaired) electrons. The number of hydrogen-bond donors (Lipinski definition) is 2. The average molecular weight is 222 g/mol. The maximum Gasteiger partial charge on any atom is 0.142 e. The van der Waals surface area contributed by atoms with Crippen molar-refractivity contribution in [3.63, 3.8) is 0 Å². The summed E-state index contributed by atoms with van der Waals surface area (Å²) in [5.74, 6) is 0.922. The summed E-state index contributed by atoms with van der Waals surface area (Å²) in [6.07, 6.45) is 2.35. The topological polar surface area (TPSA) is 47.3 Å². The molecule has 0 saturated heterocycles. The van der Waals surface area contributed by atoms with Crippen molar-refractivity contribution in [2.24, 2.45) is 5.73 Å². The monoisotopic (exact) mass is 222 g/mol. The van der Waals surface area contributed by atoms with E-state index in [1.807, 2.05) is 38.1 Å². The van der Waals surface area contributed by atoms with Gasteiger partial charge in [0, 0.05) is 6.54 Å². The van der Waals surface area contributed by atoms with Crippen molar-refractivity contribution in [1.82, 2.24) is 0 Å². The Morgan fingerprint density at radius 3 is 2.69 bits per heavy atom. The van der Waals surface area contributed by atoms with E-state index in [9.17, 15) is 0 Å². The number of ether oxygens (including phenoxy) is 1. The number of unbranched alkanes of at least 4 members (excludes halogenated alkanes) is 1. The van der Waals surface area contributed by atoms with Crippen LogP contribution in [0.2, 0.25) is 0 Å². The molecule has 1 aromatic rings. The zero-order chi connectivity index (χ0) is 11.8. The van der Waals surface area contributed by atoms with Gasteiger partial charge in [-0.15, -0.1) is 0 Å². The molecule has 90 valence electrons. The van der Waals surface area contributed by atoms with Gasteiger partial charge in [0.05, 0.1) is 11.8 Å². The molecule has 1 aromatic carbocycles. The minimum Gasteiger partial charge on any atom is -0.489 e. The average Bonchev–Trinajstić information content (AvgIpc) is 2.26. The summed E-state index contributed by atoms with van der Waals surface area (Å²) in [6, 6.07) is 8.03. The van der Waals surface area contributed by atoms with Gasteiger partial charge in [0.1, 0.15) is 5.75 Å². The first kappa shape index (κ1) is 12.8. The molecule has 0 aliphatic rings. The summed E-state index contributed by atoms with van der Waals surface area (Å²) < 4.78 is 5.72. The molecule has 3 N–H and O–H groups in total. The van der Waals surface area contributed by atoms with Crippen LogP contribution >= 0.6 is 0 Å². The number of nitrogens with one attached hydrogen (secondary N) is 1. The molecule has 0 unspecified atom stereocenters. The van der Waals surface area contributed by atoms with Crippen LogP contribution in [0.15, 0.2) is 24.3 Å². The van der Waals surface area contributed by atoms with E-state index in [4.69, 9.17) is 10.5 Å². The third-order valence-electron chi connectivity index (χ3n) is 2.20. The Hall–Kier alpha value is -1.22. The maximum atomic E-state index is 5.72. The highest BCUT2D eigenvalue weighted by Gasteiger charge is 2.03. The molecule has 0 aliphatic heterocycles. The highest BCUT2D eigenvalue weighted by Crippen LogP contribution is 2.24. The van der Waals surface area contributed by atoms with E-state index in [1.54, 1.807) is 0 Å². The Morgan fingerprint density at radius 1 is 1.25 bits per heavy atom. The molecule has 3 heteroatoms. The third kappa shape index (κ3) is 4.53. The van der Waals surface area contributed by atoms with Crippen LogP contribution in [-0.4, -0.2) is 19.2 Å². The summed E-state index contributed by atoms with van der Waals surface area (Å²) >= 11 is 0. The van der Waals surface area contributed by atoms with E-state index in [0.717, 1.165) is 37.4 Å². The fraction of sp³-hybridized carbons (Fsp3) is 0.538. The minimum atomic E-state index is 0.201. The van der Waals surface area contributed by atoms with Crippen molar-refractivity contribution < 1.29 is 4.74 Å². The van der Waals surface area contributed by atoms with Crippen molar-refractivity contribution in [2.45, 2.75) is 32.8 Å². The molecule has 0 spiro atoms. The summed E-state index contributed by atoms with van der Waals surface area (Å²) in [5, 5.41) is 3.37. The quantitative estimate of drug-likeness (QED) is 0.697. The summed E-state index contributed by atoms with van der Waals surface area (Å²) in [7, 11) is 0. The van der Waals surface area contributed by atoms with Gasteiger partial charge in [0.15, 0.2) is 0 Å². The van der Waals surface area contributed by atoms with Crippen LogP contribution in [0.3, 0.4) is 0 Å². The van der Waals surface area contributed by atoms with E-state index in [1.165, 1.54) is 0 Å². The molecule has 0 atom stereocenters. The fourth-order valence-electron chi connectivity index (χ4n) is 1.46. The van der Waals surface area contributed by atoms with Crippen LogP contribution in [0.25, 0.3) is 0 Å². The van der Waals surface area contributed by atoms with E-state index < -0.39 is 0 Å². The van der Waals surface area contributed by atoms with Crippen molar-refractivity contribution in [1.29, 1.82) is 0 Å². The molecule has 0 saturated carbocycles. The van der Waals surface area contributed by atoms with Crippen LogP contribution < -0.4 is 15.8 Å². The smallest absolute Gasteiger partial charge is 0.142 e. The van der Waals surface area contributed by atoms with Gasteiger partial charge in [-0.1, -0.05) is 12.1 Å². The van der Waals surface area contributed by atoms with E-state index in [2.05, 4.69) is 5.32 Å². The number of para-hydroxylation sites is 2. The van der Waals surface area contributed by atoms with Gasteiger partial charge in [-0.3, -0.25) is 0 Å². The summed E-state index contributed by atoms with van der Waals surface area (Å²) in [5.41, 5.74) is 6.51. The molecule has 0 amide bonds. The first-order valence-corrected chi connectivity index (χ1v) is 5.93. The Kier molecular flexibility index (Phi) is 5.72. The normalized spacial score (nSPS) is 10.5. The van der Waals surface area contributed by atoms with Crippen molar-refractivity contribution >= 4 is 5.69 Å². The van der Waals surface area contributed by atoms with Gasteiger partial charge < -0.3 is 15.8 Å². The fourth-order valence-corrected chi connectivity index (χ4v) is 1.46. The van der Waals surface area contributed by atoms with E-state index in [0.29, 0.717) is 0 Å². The Morgan fingerprint density at radius 2 is 2.00 bits per heavy atom. The Balaban J connectivity index is 2.50. The van der Waals surface area contributed by atoms with Gasteiger partial charge in [0.25, 0.3) is 0 Å². The highest BCUT2D eigenvalue weighted by molar-refractivity contribution is 5.56. The van der Waals surface area contributed by atoms with Crippen LogP contribution in [0, 0.1) is 0 Å². The molecule has 1 rings (SSSR count). The lowest BCUT2D eigenvalue weighted by Gasteiger charge is -2.15. The van der Waals surface area contributed by atoms with E-state index in [-0.39, 0.29) is 6.10 Å². The largest absolute Gasteiger partial charge is 0.489 e. The Bertz CT molecular complexity index is 300. The first-order valence-electron chi connectivity index (χ1n) is 5.93. The molecule has 0 heterocycles. The molecule has 0 aromatic heterocycles. The lowest BCUT2D eigenvalue weighted by molar-refractivity contribution is 0.243. The zero-order valence-electron chi connectivity index (χ0n) is 10.2. The maximum absolute atomic E-state index is 5.72. The zero-order valence-corrected chi connectivity index (χ0v) is 10.2. The van der Waals surface area contributed by atoms with Crippen LogP contribution in [0.4, 0.5) is 5.69 Å². The van der Waals surface area contributed by atoms with Crippen molar-refractivity contribution in [3.8, 4) is 5.75 Å². The minimum absolute atomic E-state index is 0.201. The van der Waals surface area contributed by atoms with Crippen LogP contribution in [-0.2, 0) is 0 Å². The second-order valence-corrected chi connectivity index (χ2v) is 4.09. The van der Waals surface area contributed by atoms with Gasteiger partial charge in [0.2, 0.25) is 0 Å².